The van der Waals surface area contributed by atoms with Gasteiger partial charge in [-0.2, -0.15) is 0 Å². The number of aliphatic hydroxyl groups is 2. The quantitative estimate of drug-likeness (QED) is 0.400. The van der Waals surface area contributed by atoms with E-state index in [1.165, 1.54) is 5.57 Å². The van der Waals surface area contributed by atoms with E-state index in [1.54, 1.807) is 18.2 Å². The molecule has 0 bridgehead atoms. The maximum Gasteiger partial charge on any atom is 0.166 e. The third-order valence-electron chi connectivity index (χ3n) is 9.46. The van der Waals surface area contributed by atoms with Crippen LogP contribution < -0.4 is 0 Å². The fraction of sp³-hybridized carbons (Fsp3) is 0.471. The number of Topliss-reactive ketones (excluding diaryl/α,β-unsaturated/α-hetero) is 2. The number of hydrogen-bond donors (Lipinski definition) is 3. The van der Waals surface area contributed by atoms with Gasteiger partial charge in [0.2, 0.25) is 0 Å². The van der Waals surface area contributed by atoms with Crippen molar-refractivity contribution in [3.63, 3.8) is 0 Å². The maximum absolute atomic E-state index is 13.5. The van der Waals surface area contributed by atoms with Gasteiger partial charge in [0.1, 0.15) is 11.5 Å². The number of allylic oxidation sites excluding steroid dienone is 4. The number of benzene rings is 2. The second-order valence-corrected chi connectivity index (χ2v) is 12.5. The molecule has 0 saturated heterocycles. The van der Waals surface area contributed by atoms with Crippen molar-refractivity contribution in [2.24, 2.45) is 5.92 Å². The molecular weight excluding hydrogens is 488 g/mol. The van der Waals surface area contributed by atoms with Gasteiger partial charge in [0.05, 0.1) is 12.2 Å². The molecule has 1 saturated carbocycles. The number of phenolic OH excluding ortho intramolecular Hbond substituents is 1. The van der Waals surface area contributed by atoms with Crippen LogP contribution in [-0.2, 0) is 21.4 Å². The van der Waals surface area contributed by atoms with Crippen LogP contribution in [0.4, 0.5) is 0 Å². The van der Waals surface area contributed by atoms with E-state index in [0.717, 1.165) is 52.7 Å². The van der Waals surface area contributed by atoms with Crippen molar-refractivity contribution in [3.05, 3.63) is 87.0 Å². The summed E-state index contributed by atoms with van der Waals surface area (Å²) < 4.78 is 0. The maximum atomic E-state index is 13.5. The molecule has 2 atom stereocenters. The van der Waals surface area contributed by atoms with Gasteiger partial charge in [-0.1, -0.05) is 55.3 Å². The topological polar surface area (TPSA) is 94.8 Å². The van der Waals surface area contributed by atoms with E-state index in [2.05, 4.69) is 6.07 Å². The molecule has 206 valence electrons. The van der Waals surface area contributed by atoms with Crippen molar-refractivity contribution < 1.29 is 24.9 Å². The van der Waals surface area contributed by atoms with Crippen LogP contribution in [0.3, 0.4) is 0 Å². The molecule has 5 rings (SSSR count). The van der Waals surface area contributed by atoms with Gasteiger partial charge in [-0.15, -0.1) is 0 Å². The van der Waals surface area contributed by atoms with Crippen molar-refractivity contribution in [1.82, 2.24) is 0 Å². The van der Waals surface area contributed by atoms with Crippen molar-refractivity contribution >= 4 is 11.6 Å². The van der Waals surface area contributed by atoms with Crippen LogP contribution in [-0.4, -0.2) is 33.0 Å². The molecule has 5 nitrogen and oxygen atoms in total. The largest absolute Gasteiger partial charge is 0.508 e. The first-order valence-corrected chi connectivity index (χ1v) is 14.2. The highest BCUT2D eigenvalue weighted by Gasteiger charge is 2.38. The summed E-state index contributed by atoms with van der Waals surface area (Å²) in [6, 6.07) is 12.8. The number of carbonyl (C=O) groups excluding carboxylic acids is 2. The first-order valence-electron chi connectivity index (χ1n) is 14.2. The SMILES string of the molecule is CC1=C(C(=O)C2CCC(O)CC2)C(C)=C(CC2C(=O)Cc3ccc(C(C)(C)C(O)c4cccc(O)c4)cc32)C1. The predicted molar refractivity (Wildman–Crippen MR) is 152 cm³/mol. The molecule has 0 amide bonds. The molecule has 0 heterocycles. The summed E-state index contributed by atoms with van der Waals surface area (Å²) in [6.45, 7) is 8.03. The molecule has 39 heavy (non-hydrogen) atoms. The number of carbonyl (C=O) groups is 2. The van der Waals surface area contributed by atoms with Gasteiger partial charge >= 0.3 is 0 Å². The van der Waals surface area contributed by atoms with Crippen LogP contribution in [0.2, 0.25) is 0 Å². The van der Waals surface area contributed by atoms with Crippen LogP contribution in [0.1, 0.15) is 100 Å². The summed E-state index contributed by atoms with van der Waals surface area (Å²) in [5.74, 6) is 0.238. The number of aromatic hydroxyl groups is 1. The molecule has 0 aliphatic heterocycles. The number of phenols is 1. The smallest absolute Gasteiger partial charge is 0.166 e. The fourth-order valence-electron chi connectivity index (χ4n) is 6.91. The molecule has 2 aromatic rings. The zero-order valence-corrected chi connectivity index (χ0v) is 23.5. The van der Waals surface area contributed by atoms with Crippen molar-refractivity contribution in [2.75, 3.05) is 0 Å². The Morgan fingerprint density at radius 2 is 1.74 bits per heavy atom. The summed E-state index contributed by atoms with van der Waals surface area (Å²) in [4.78, 5) is 26.7. The molecular formula is C34H40O5. The third kappa shape index (κ3) is 5.15. The number of hydrogen-bond acceptors (Lipinski definition) is 5. The summed E-state index contributed by atoms with van der Waals surface area (Å²) >= 11 is 0. The molecule has 0 aromatic heterocycles. The Morgan fingerprint density at radius 3 is 2.44 bits per heavy atom. The highest BCUT2D eigenvalue weighted by atomic mass is 16.3. The van der Waals surface area contributed by atoms with Crippen LogP contribution in [0.15, 0.2) is 64.8 Å². The van der Waals surface area contributed by atoms with Crippen molar-refractivity contribution in [3.8, 4) is 5.75 Å². The Balaban J connectivity index is 1.39. The first kappa shape index (κ1) is 27.5. The Morgan fingerprint density at radius 1 is 1.03 bits per heavy atom. The minimum absolute atomic E-state index is 0.0239. The summed E-state index contributed by atoms with van der Waals surface area (Å²) in [5, 5.41) is 31.0. The van der Waals surface area contributed by atoms with Crippen LogP contribution in [0.5, 0.6) is 5.75 Å². The molecule has 2 unspecified atom stereocenters. The Bertz CT molecular complexity index is 1370. The van der Waals surface area contributed by atoms with Gasteiger partial charge < -0.3 is 15.3 Å². The van der Waals surface area contributed by atoms with Gasteiger partial charge in [0.25, 0.3) is 0 Å². The minimum Gasteiger partial charge on any atom is -0.508 e. The predicted octanol–water partition coefficient (Wildman–Crippen LogP) is 6.16. The lowest BCUT2D eigenvalue weighted by atomic mass is 9.75. The Hall–Kier alpha value is -3.02. The monoisotopic (exact) mass is 528 g/mol. The van der Waals surface area contributed by atoms with Gasteiger partial charge in [-0.3, -0.25) is 9.59 Å². The van der Waals surface area contributed by atoms with E-state index in [4.69, 9.17) is 0 Å². The minimum atomic E-state index is -0.834. The van der Waals surface area contributed by atoms with E-state index in [9.17, 15) is 24.9 Å². The van der Waals surface area contributed by atoms with Crippen molar-refractivity contribution in [2.45, 2.75) is 96.2 Å². The van der Waals surface area contributed by atoms with E-state index in [1.807, 2.05) is 45.9 Å². The van der Waals surface area contributed by atoms with Crippen LogP contribution >= 0.6 is 0 Å². The highest BCUT2D eigenvalue weighted by Crippen LogP contribution is 2.45. The lowest BCUT2D eigenvalue weighted by molar-refractivity contribution is -0.120. The summed E-state index contributed by atoms with van der Waals surface area (Å²) in [7, 11) is 0. The van der Waals surface area contributed by atoms with Gasteiger partial charge in [0.15, 0.2) is 5.78 Å². The molecule has 1 fully saturated rings. The van der Waals surface area contributed by atoms with E-state index in [0.29, 0.717) is 31.2 Å². The van der Waals surface area contributed by atoms with Gasteiger partial charge in [0, 0.05) is 29.2 Å². The number of rotatable bonds is 7. The third-order valence-corrected chi connectivity index (χ3v) is 9.46. The Labute approximate surface area is 231 Å². The van der Waals surface area contributed by atoms with Crippen LogP contribution in [0.25, 0.3) is 0 Å². The Kier molecular flexibility index (Phi) is 7.43. The standard InChI is InChI=1S/C34H40O5/c1-19-14-24(20(2)31(19)32(38)21-9-12-26(35)13-10-21)16-29-28-18-25(11-8-22(28)17-30(29)37)34(3,4)33(39)23-6-5-7-27(36)15-23/h5-8,11,15,18,21,26,29,33,35-36,39H,9-10,12-14,16-17H2,1-4H3. The molecule has 0 spiro atoms. The molecule has 0 radical (unpaired) electrons. The lowest BCUT2D eigenvalue weighted by Crippen LogP contribution is -2.27. The number of aliphatic hydroxyl groups excluding tert-OH is 2. The lowest BCUT2D eigenvalue weighted by Gasteiger charge is -2.32. The zero-order chi connectivity index (χ0) is 28.1. The molecule has 3 aliphatic carbocycles. The zero-order valence-electron chi connectivity index (χ0n) is 23.5. The average Bonchev–Trinajstić information content (AvgIpc) is 3.37. The van der Waals surface area contributed by atoms with Crippen LogP contribution in [0, 0.1) is 5.92 Å². The molecule has 5 heteroatoms. The molecule has 2 aromatic carbocycles. The van der Waals surface area contributed by atoms with E-state index in [-0.39, 0.29) is 35.3 Å². The second-order valence-electron chi connectivity index (χ2n) is 12.5. The van der Waals surface area contributed by atoms with Gasteiger partial charge in [-0.25, -0.2) is 0 Å². The molecule has 3 N–H and O–H groups in total. The summed E-state index contributed by atoms with van der Waals surface area (Å²) in [6.07, 6.45) is 3.46. The fourth-order valence-corrected chi connectivity index (χ4v) is 6.91. The molecule has 3 aliphatic rings. The van der Waals surface area contributed by atoms with E-state index < -0.39 is 11.5 Å². The highest BCUT2D eigenvalue weighted by molar-refractivity contribution is 6.03. The summed E-state index contributed by atoms with van der Waals surface area (Å²) in [5.41, 5.74) is 7.14. The van der Waals surface area contributed by atoms with E-state index >= 15 is 0 Å². The number of ketones is 2. The van der Waals surface area contributed by atoms with Crippen molar-refractivity contribution in [1.29, 1.82) is 0 Å². The average molecular weight is 529 g/mol. The normalized spacial score (nSPS) is 24.4. The first-order chi connectivity index (χ1) is 18.5. The number of fused-ring (bicyclic) bond motifs is 1. The second kappa shape index (κ2) is 10.5. The van der Waals surface area contributed by atoms with Gasteiger partial charge in [-0.05, 0) is 92.3 Å².